The average Bonchev–Trinajstić information content (AvgIpc) is 2.97. The molecule has 7 heteroatoms. The van der Waals surface area contributed by atoms with Gasteiger partial charge in [0.1, 0.15) is 0 Å². The number of benzene rings is 2. The molecule has 4 rings (SSSR count). The molecule has 0 N–H and O–H groups in total. The van der Waals surface area contributed by atoms with Gasteiger partial charge in [0.2, 0.25) is 5.91 Å². The molecule has 160 valence electrons. The molecule has 0 saturated heterocycles. The van der Waals surface area contributed by atoms with Gasteiger partial charge in [0, 0.05) is 40.3 Å². The van der Waals surface area contributed by atoms with Crippen LogP contribution in [0.3, 0.4) is 0 Å². The number of nitrogens with zero attached hydrogens (tertiary/aromatic N) is 1. The summed E-state index contributed by atoms with van der Waals surface area (Å²) >= 11 is 12.7. The lowest BCUT2D eigenvalue weighted by molar-refractivity contribution is -0.156. The maximum absolute atomic E-state index is 14.1. The van der Waals surface area contributed by atoms with Gasteiger partial charge in [-0.25, -0.2) is 0 Å². The van der Waals surface area contributed by atoms with E-state index in [4.69, 9.17) is 27.9 Å². The van der Waals surface area contributed by atoms with E-state index in [1.807, 2.05) is 6.07 Å². The lowest BCUT2D eigenvalue weighted by atomic mass is 9.61. The van der Waals surface area contributed by atoms with E-state index < -0.39 is 29.0 Å². The zero-order chi connectivity index (χ0) is 22.3. The van der Waals surface area contributed by atoms with Gasteiger partial charge in [0.05, 0.1) is 12.5 Å². The van der Waals surface area contributed by atoms with E-state index in [1.54, 1.807) is 56.4 Å². The maximum atomic E-state index is 14.1. The minimum atomic E-state index is -1.69. The number of fused-ring (bicyclic) bond motifs is 2. The first-order valence-electron chi connectivity index (χ1n) is 10.0. The van der Waals surface area contributed by atoms with Gasteiger partial charge in [-0.05, 0) is 37.1 Å². The van der Waals surface area contributed by atoms with Crippen LogP contribution >= 0.6 is 23.2 Å². The van der Waals surface area contributed by atoms with Gasteiger partial charge in [-0.2, -0.15) is 0 Å². The van der Waals surface area contributed by atoms with Crippen molar-refractivity contribution in [2.75, 3.05) is 18.6 Å². The van der Waals surface area contributed by atoms with Gasteiger partial charge in [-0.3, -0.25) is 14.4 Å². The minimum Gasteiger partial charge on any atom is -0.466 e. The Morgan fingerprint density at radius 2 is 1.90 bits per heavy atom. The summed E-state index contributed by atoms with van der Waals surface area (Å²) in [6, 6.07) is 14.2. The number of rotatable bonds is 4. The van der Waals surface area contributed by atoms with Crippen molar-refractivity contribution in [3.8, 4) is 0 Å². The topological polar surface area (TPSA) is 63.7 Å². The van der Waals surface area contributed by atoms with Crippen molar-refractivity contribution in [2.24, 2.45) is 5.92 Å². The predicted octanol–water partition coefficient (Wildman–Crippen LogP) is 4.44. The van der Waals surface area contributed by atoms with Gasteiger partial charge < -0.3 is 9.64 Å². The number of carbonyl (C=O) groups excluding carboxylic acids is 3. The molecule has 0 bridgehead atoms. The van der Waals surface area contributed by atoms with Crippen LogP contribution in [0, 0.1) is 5.92 Å². The number of ether oxygens (including phenoxy) is 1. The Hall–Kier alpha value is -2.63. The summed E-state index contributed by atoms with van der Waals surface area (Å²) in [5.41, 5.74) is 0.548. The van der Waals surface area contributed by atoms with E-state index in [9.17, 15) is 14.4 Å². The largest absolute Gasteiger partial charge is 0.466 e. The highest BCUT2D eigenvalue weighted by atomic mass is 35.5. The molecular weight excluding hydrogens is 437 g/mol. The SMILES string of the molecule is CCOC(=O)C1CC(Cl)=C(Cc2cccc(Cl)c2)C(=O)C12C(=O)N(C)c1ccccc12. The molecular formula is C24H21Cl2NO4. The molecule has 2 aromatic carbocycles. The van der Waals surface area contributed by atoms with Crippen LogP contribution in [-0.4, -0.2) is 31.3 Å². The third-order valence-corrected chi connectivity index (χ3v) is 6.66. The molecule has 2 unspecified atom stereocenters. The number of hydrogen-bond acceptors (Lipinski definition) is 4. The van der Waals surface area contributed by atoms with Crippen LogP contribution in [0.1, 0.15) is 24.5 Å². The molecule has 2 atom stereocenters. The first-order valence-corrected chi connectivity index (χ1v) is 10.8. The average molecular weight is 458 g/mol. The van der Waals surface area contributed by atoms with Crippen molar-refractivity contribution in [3.63, 3.8) is 0 Å². The van der Waals surface area contributed by atoms with Gasteiger partial charge in [0.15, 0.2) is 11.2 Å². The Labute approximate surface area is 190 Å². The van der Waals surface area contributed by atoms with E-state index in [0.717, 1.165) is 5.56 Å². The van der Waals surface area contributed by atoms with Crippen LogP contribution in [-0.2, 0) is 31.0 Å². The van der Waals surface area contributed by atoms with Crippen molar-refractivity contribution in [3.05, 3.63) is 75.3 Å². The molecule has 2 aromatic rings. The summed E-state index contributed by atoms with van der Waals surface area (Å²) in [5.74, 6) is -2.53. The number of halogens is 2. The minimum absolute atomic E-state index is 0.0515. The number of ketones is 1. The van der Waals surface area contributed by atoms with E-state index in [-0.39, 0.29) is 24.5 Å². The molecule has 1 amide bonds. The Morgan fingerprint density at radius 1 is 1.16 bits per heavy atom. The van der Waals surface area contributed by atoms with Crippen LogP contribution in [0.25, 0.3) is 0 Å². The Morgan fingerprint density at radius 3 is 2.61 bits per heavy atom. The van der Waals surface area contributed by atoms with Crippen LogP contribution in [0.5, 0.6) is 0 Å². The Bertz CT molecular complexity index is 1130. The number of hydrogen-bond donors (Lipinski definition) is 0. The summed E-state index contributed by atoms with van der Waals surface area (Å²) < 4.78 is 5.27. The molecule has 0 fully saturated rings. The highest BCUT2D eigenvalue weighted by Crippen LogP contribution is 2.53. The summed E-state index contributed by atoms with van der Waals surface area (Å²) in [6.45, 7) is 1.83. The second-order valence-electron chi connectivity index (χ2n) is 7.72. The van der Waals surface area contributed by atoms with Gasteiger partial charge in [-0.1, -0.05) is 53.5 Å². The summed E-state index contributed by atoms with van der Waals surface area (Å²) in [6.07, 6.45) is 0.268. The van der Waals surface area contributed by atoms with Crippen molar-refractivity contribution in [1.29, 1.82) is 0 Å². The number of likely N-dealkylation sites (N-methyl/N-ethyl adjacent to an activating group) is 1. The van der Waals surface area contributed by atoms with Crippen molar-refractivity contribution in [2.45, 2.75) is 25.2 Å². The fourth-order valence-corrected chi connectivity index (χ4v) is 5.17. The Kier molecular flexibility index (Phi) is 5.67. The number of para-hydroxylation sites is 1. The van der Waals surface area contributed by atoms with Crippen LogP contribution in [0.15, 0.2) is 59.1 Å². The predicted molar refractivity (Wildman–Crippen MR) is 119 cm³/mol. The molecule has 0 radical (unpaired) electrons. The molecule has 0 saturated carbocycles. The quantitative estimate of drug-likeness (QED) is 0.502. The van der Waals surface area contributed by atoms with Gasteiger partial charge >= 0.3 is 5.97 Å². The van der Waals surface area contributed by atoms with Crippen molar-refractivity contribution in [1.82, 2.24) is 0 Å². The molecule has 5 nitrogen and oxygen atoms in total. The van der Waals surface area contributed by atoms with Crippen LogP contribution in [0.2, 0.25) is 5.02 Å². The highest BCUT2D eigenvalue weighted by Gasteiger charge is 2.64. The van der Waals surface area contributed by atoms with Crippen molar-refractivity contribution >= 4 is 46.5 Å². The fourth-order valence-electron chi connectivity index (χ4n) is 4.65. The molecule has 31 heavy (non-hydrogen) atoms. The fraction of sp³-hybridized carbons (Fsp3) is 0.292. The summed E-state index contributed by atoms with van der Waals surface area (Å²) in [4.78, 5) is 42.1. The van der Waals surface area contributed by atoms with E-state index in [0.29, 0.717) is 21.8 Å². The summed E-state index contributed by atoms with van der Waals surface area (Å²) in [5, 5.41) is 0.812. The molecule has 2 aliphatic rings. The lowest BCUT2D eigenvalue weighted by Gasteiger charge is -2.38. The molecule has 1 heterocycles. The summed E-state index contributed by atoms with van der Waals surface area (Å²) in [7, 11) is 1.61. The van der Waals surface area contributed by atoms with Gasteiger partial charge in [0.25, 0.3) is 0 Å². The zero-order valence-corrected chi connectivity index (χ0v) is 18.7. The molecule has 1 aliphatic carbocycles. The maximum Gasteiger partial charge on any atom is 0.311 e. The van der Waals surface area contributed by atoms with Crippen molar-refractivity contribution < 1.29 is 19.1 Å². The second kappa shape index (κ2) is 8.13. The van der Waals surface area contributed by atoms with E-state index in [1.165, 1.54) is 4.90 Å². The smallest absolute Gasteiger partial charge is 0.311 e. The van der Waals surface area contributed by atoms with Gasteiger partial charge in [-0.15, -0.1) is 0 Å². The zero-order valence-electron chi connectivity index (χ0n) is 17.2. The first-order chi connectivity index (χ1) is 14.8. The first kappa shape index (κ1) is 21.6. The lowest BCUT2D eigenvalue weighted by Crippen LogP contribution is -2.56. The number of esters is 1. The number of Topliss-reactive ketones (excluding diaryl/α,β-unsaturated/α-hetero) is 1. The van der Waals surface area contributed by atoms with Crippen LogP contribution in [0.4, 0.5) is 5.69 Å². The highest BCUT2D eigenvalue weighted by molar-refractivity contribution is 6.37. The number of allylic oxidation sites excluding steroid dienone is 2. The standard InChI is InChI=1S/C24H21Cl2NO4/c1-3-31-22(29)18-13-19(26)16(12-14-7-6-8-15(25)11-14)21(28)24(18)17-9-4-5-10-20(17)27(2)23(24)30/h4-11,18H,3,12-13H2,1-2H3. The van der Waals surface area contributed by atoms with E-state index >= 15 is 0 Å². The number of anilines is 1. The third-order valence-electron chi connectivity index (χ3n) is 6.04. The number of carbonyl (C=O) groups is 3. The third kappa shape index (κ3) is 3.27. The molecule has 1 aliphatic heterocycles. The van der Waals surface area contributed by atoms with E-state index in [2.05, 4.69) is 0 Å². The van der Waals surface area contributed by atoms with Crippen LogP contribution < -0.4 is 4.90 Å². The number of amides is 1. The Balaban J connectivity index is 1.90. The molecule has 1 spiro atoms. The molecule has 0 aromatic heterocycles. The monoisotopic (exact) mass is 457 g/mol. The second-order valence-corrected chi connectivity index (χ2v) is 8.61. The normalized spacial score (nSPS) is 22.8.